The molecule has 4 saturated heterocycles. The third-order valence-electron chi connectivity index (χ3n) is 3.15. The predicted octanol–water partition coefficient (Wildman–Crippen LogP) is -0.0571. The van der Waals surface area contributed by atoms with E-state index in [2.05, 4.69) is 12.2 Å². The molecule has 4 heterocycles. The lowest BCUT2D eigenvalue weighted by molar-refractivity contribution is -0.486. The zero-order valence-electron chi connectivity index (χ0n) is 7.84. The van der Waals surface area contributed by atoms with Crippen LogP contribution in [-0.4, -0.2) is 38.9 Å². The standard InChI is InChI=1S/C9H15NO3/c1-8-4-11-9(12-5-8,13-6-8)7-2-10-3-7/h7,10H,2-6H2,1H3. The highest BCUT2D eigenvalue weighted by molar-refractivity contribution is 4.92. The molecule has 4 nitrogen and oxygen atoms in total. The van der Waals surface area contributed by atoms with Crippen LogP contribution in [0.2, 0.25) is 0 Å². The smallest absolute Gasteiger partial charge is 0.288 e. The molecular weight excluding hydrogens is 170 g/mol. The summed E-state index contributed by atoms with van der Waals surface area (Å²) in [5.74, 6) is -0.333. The lowest BCUT2D eigenvalue weighted by atomic mass is 9.89. The van der Waals surface area contributed by atoms with Gasteiger partial charge in [0.15, 0.2) is 0 Å². The minimum Gasteiger partial charge on any atom is -0.326 e. The topological polar surface area (TPSA) is 39.7 Å². The highest BCUT2D eigenvalue weighted by atomic mass is 16.9. The van der Waals surface area contributed by atoms with Crippen LogP contribution >= 0.6 is 0 Å². The fourth-order valence-electron chi connectivity index (χ4n) is 1.97. The van der Waals surface area contributed by atoms with Crippen molar-refractivity contribution >= 4 is 0 Å². The molecule has 0 aromatic heterocycles. The molecule has 2 bridgehead atoms. The summed E-state index contributed by atoms with van der Waals surface area (Å²) in [5.41, 5.74) is 0.0823. The average molecular weight is 185 g/mol. The van der Waals surface area contributed by atoms with Gasteiger partial charge in [-0.1, -0.05) is 6.92 Å². The van der Waals surface area contributed by atoms with Crippen molar-refractivity contribution in [2.24, 2.45) is 11.3 Å². The molecule has 4 heteroatoms. The average Bonchev–Trinajstić information content (AvgIpc) is 2.04. The Balaban J connectivity index is 1.79. The summed E-state index contributed by atoms with van der Waals surface area (Å²) in [7, 11) is 0. The maximum atomic E-state index is 5.69. The highest BCUT2D eigenvalue weighted by Gasteiger charge is 2.56. The van der Waals surface area contributed by atoms with Crippen molar-refractivity contribution < 1.29 is 14.2 Å². The fourth-order valence-corrected chi connectivity index (χ4v) is 1.97. The maximum Gasteiger partial charge on any atom is 0.288 e. The lowest BCUT2D eigenvalue weighted by Crippen LogP contribution is -2.67. The molecule has 13 heavy (non-hydrogen) atoms. The molecule has 0 unspecified atom stereocenters. The summed E-state index contributed by atoms with van der Waals surface area (Å²) >= 11 is 0. The zero-order chi connectivity index (χ0) is 8.94. The van der Waals surface area contributed by atoms with E-state index in [9.17, 15) is 0 Å². The molecule has 0 aromatic carbocycles. The molecule has 0 radical (unpaired) electrons. The SMILES string of the molecule is CC12COC(C3CNC3)(OC1)OC2. The normalized spacial score (nSPS) is 50.5. The van der Waals surface area contributed by atoms with Gasteiger partial charge in [0.1, 0.15) is 0 Å². The van der Waals surface area contributed by atoms with Crippen LogP contribution in [0.1, 0.15) is 6.92 Å². The molecule has 4 aliphatic rings. The molecule has 0 saturated carbocycles. The van der Waals surface area contributed by atoms with Gasteiger partial charge >= 0.3 is 0 Å². The molecule has 0 aromatic rings. The molecule has 4 aliphatic heterocycles. The number of hydrogen-bond acceptors (Lipinski definition) is 4. The molecule has 0 amide bonds. The second kappa shape index (κ2) is 2.45. The molecule has 74 valence electrons. The van der Waals surface area contributed by atoms with Gasteiger partial charge in [-0.25, -0.2) is 0 Å². The fraction of sp³-hybridized carbons (Fsp3) is 1.00. The maximum absolute atomic E-state index is 5.69. The number of nitrogens with one attached hydrogen (secondary N) is 1. The second-order valence-electron chi connectivity index (χ2n) is 4.64. The molecule has 0 aliphatic carbocycles. The molecule has 1 N–H and O–H groups in total. The van der Waals surface area contributed by atoms with Crippen LogP contribution in [0, 0.1) is 11.3 Å². The third kappa shape index (κ3) is 1.06. The summed E-state index contributed by atoms with van der Waals surface area (Å²) in [6, 6.07) is 0. The number of hydrogen-bond donors (Lipinski definition) is 1. The first-order valence-electron chi connectivity index (χ1n) is 4.85. The summed E-state index contributed by atoms with van der Waals surface area (Å²) < 4.78 is 17.1. The van der Waals surface area contributed by atoms with Crippen LogP contribution in [0.4, 0.5) is 0 Å². The van der Waals surface area contributed by atoms with E-state index in [1.165, 1.54) is 0 Å². The molecule has 4 fully saturated rings. The first kappa shape index (κ1) is 8.17. The summed E-state index contributed by atoms with van der Waals surface area (Å²) in [4.78, 5) is 0. The minimum absolute atomic E-state index is 0.0823. The Labute approximate surface area is 77.5 Å². The van der Waals surface area contributed by atoms with Gasteiger partial charge in [-0.15, -0.1) is 0 Å². The van der Waals surface area contributed by atoms with Crippen LogP contribution in [0.25, 0.3) is 0 Å². The van der Waals surface area contributed by atoms with Crippen LogP contribution < -0.4 is 5.32 Å². The lowest BCUT2D eigenvalue weighted by Gasteiger charge is -2.55. The van der Waals surface area contributed by atoms with E-state index in [1.54, 1.807) is 0 Å². The number of fused-ring (bicyclic) bond motifs is 3. The third-order valence-corrected chi connectivity index (χ3v) is 3.15. The second-order valence-corrected chi connectivity index (χ2v) is 4.64. The number of ether oxygens (including phenoxy) is 3. The van der Waals surface area contributed by atoms with E-state index in [1.807, 2.05) is 0 Å². The van der Waals surface area contributed by atoms with Crippen molar-refractivity contribution in [2.75, 3.05) is 32.9 Å². The largest absolute Gasteiger partial charge is 0.326 e. The zero-order valence-corrected chi connectivity index (χ0v) is 7.84. The quantitative estimate of drug-likeness (QED) is 0.621. The van der Waals surface area contributed by atoms with Gasteiger partial charge in [0.2, 0.25) is 0 Å². The highest BCUT2D eigenvalue weighted by Crippen LogP contribution is 2.42. The van der Waals surface area contributed by atoms with Gasteiger partial charge in [0.05, 0.1) is 25.7 Å². The monoisotopic (exact) mass is 185 g/mol. The summed E-state index contributed by atoms with van der Waals surface area (Å²) in [6.07, 6.45) is 0. The Morgan fingerprint density at radius 1 is 1.08 bits per heavy atom. The van der Waals surface area contributed by atoms with Crippen LogP contribution in [0.3, 0.4) is 0 Å². The van der Waals surface area contributed by atoms with Crippen LogP contribution in [0.5, 0.6) is 0 Å². The predicted molar refractivity (Wildman–Crippen MR) is 45.1 cm³/mol. The van der Waals surface area contributed by atoms with Crippen LogP contribution in [-0.2, 0) is 14.2 Å². The molecule has 4 rings (SSSR count). The van der Waals surface area contributed by atoms with Crippen molar-refractivity contribution in [3.05, 3.63) is 0 Å². The van der Waals surface area contributed by atoms with Gasteiger partial charge < -0.3 is 19.5 Å². The van der Waals surface area contributed by atoms with Gasteiger partial charge in [-0.3, -0.25) is 0 Å². The number of rotatable bonds is 1. The van der Waals surface area contributed by atoms with E-state index in [0.29, 0.717) is 5.92 Å². The van der Waals surface area contributed by atoms with E-state index in [4.69, 9.17) is 14.2 Å². The van der Waals surface area contributed by atoms with E-state index in [0.717, 1.165) is 32.9 Å². The van der Waals surface area contributed by atoms with E-state index >= 15 is 0 Å². The summed E-state index contributed by atoms with van der Waals surface area (Å²) in [5, 5.41) is 3.20. The Bertz CT molecular complexity index is 202. The van der Waals surface area contributed by atoms with Gasteiger partial charge in [-0.2, -0.15) is 0 Å². The first-order chi connectivity index (χ1) is 6.23. The molecule has 0 spiro atoms. The van der Waals surface area contributed by atoms with Crippen molar-refractivity contribution in [3.8, 4) is 0 Å². The van der Waals surface area contributed by atoms with Crippen molar-refractivity contribution in [1.82, 2.24) is 5.32 Å². The molecule has 0 atom stereocenters. The van der Waals surface area contributed by atoms with E-state index in [-0.39, 0.29) is 5.41 Å². The van der Waals surface area contributed by atoms with Crippen LogP contribution in [0.15, 0.2) is 0 Å². The van der Waals surface area contributed by atoms with Crippen molar-refractivity contribution in [1.29, 1.82) is 0 Å². The van der Waals surface area contributed by atoms with Gasteiger partial charge in [-0.05, 0) is 0 Å². The van der Waals surface area contributed by atoms with Gasteiger partial charge in [0, 0.05) is 18.5 Å². The van der Waals surface area contributed by atoms with Crippen molar-refractivity contribution in [3.63, 3.8) is 0 Å². The first-order valence-corrected chi connectivity index (χ1v) is 4.85. The Kier molecular flexibility index (Phi) is 1.54. The molecular formula is C9H15NO3. The van der Waals surface area contributed by atoms with E-state index < -0.39 is 5.97 Å². The Morgan fingerprint density at radius 3 is 2.00 bits per heavy atom. The van der Waals surface area contributed by atoms with Crippen molar-refractivity contribution in [2.45, 2.75) is 12.9 Å². The Hall–Kier alpha value is -0.160. The Morgan fingerprint density at radius 2 is 1.62 bits per heavy atom. The van der Waals surface area contributed by atoms with Gasteiger partial charge in [0.25, 0.3) is 5.97 Å². The summed E-state index contributed by atoms with van der Waals surface area (Å²) in [6.45, 7) is 6.32. The minimum atomic E-state index is -0.705.